The summed E-state index contributed by atoms with van der Waals surface area (Å²) in [5, 5.41) is 10.2. The maximum Gasteiger partial charge on any atom is 0.191 e. The molecule has 1 aromatic carbocycles. The van der Waals surface area contributed by atoms with Gasteiger partial charge in [0.15, 0.2) is 5.96 Å². The maximum atomic E-state index is 5.41. The van der Waals surface area contributed by atoms with Crippen molar-refractivity contribution in [2.24, 2.45) is 4.99 Å². The molecule has 0 radical (unpaired) electrons. The molecule has 1 unspecified atom stereocenters. The Labute approximate surface area is 177 Å². The summed E-state index contributed by atoms with van der Waals surface area (Å²) in [5.74, 6) is 2.49. The lowest BCUT2D eigenvalue weighted by atomic mass is 10.2. The third kappa shape index (κ3) is 6.00. The summed E-state index contributed by atoms with van der Waals surface area (Å²) in [7, 11) is 3.36. The highest BCUT2D eigenvalue weighted by Crippen LogP contribution is 2.30. The van der Waals surface area contributed by atoms with E-state index in [1.807, 2.05) is 13.0 Å². The van der Waals surface area contributed by atoms with Crippen LogP contribution in [0, 0.1) is 6.92 Å². The normalized spacial score (nSPS) is 16.8. The van der Waals surface area contributed by atoms with Crippen molar-refractivity contribution in [3.05, 3.63) is 34.3 Å². The lowest BCUT2D eigenvalue weighted by molar-refractivity contribution is 0.394. The van der Waals surface area contributed by atoms with E-state index < -0.39 is 0 Å². The average Bonchev–Trinajstić information content (AvgIpc) is 3.36. The Balaban J connectivity index is 1.58. The number of hydrogen-bond acceptors (Lipinski definition) is 6. The van der Waals surface area contributed by atoms with E-state index in [4.69, 9.17) is 14.5 Å². The van der Waals surface area contributed by atoms with Gasteiger partial charge in [-0.15, -0.1) is 11.3 Å². The second kappa shape index (κ2) is 10.3. The van der Waals surface area contributed by atoms with Gasteiger partial charge in [0, 0.05) is 67.9 Å². The molecule has 0 amide bonds. The molecule has 0 bridgehead atoms. The predicted molar refractivity (Wildman–Crippen MR) is 120 cm³/mol. The Morgan fingerprint density at radius 2 is 2.03 bits per heavy atom. The first-order valence-electron chi connectivity index (χ1n) is 10.0. The summed E-state index contributed by atoms with van der Waals surface area (Å²) in [6.45, 7) is 7.57. The SMILES string of the molecule is CCNC(=NCCc1csc(C)n1)NC1CCN(c2cc(OC)cc(OC)c2)C1. The zero-order valence-electron chi connectivity index (χ0n) is 17.7. The Kier molecular flexibility index (Phi) is 7.57. The Bertz CT molecular complexity index is 801. The molecule has 2 N–H and O–H groups in total. The first-order valence-corrected chi connectivity index (χ1v) is 10.9. The zero-order chi connectivity index (χ0) is 20.6. The van der Waals surface area contributed by atoms with E-state index in [2.05, 4.69) is 45.0 Å². The van der Waals surface area contributed by atoms with Gasteiger partial charge < -0.3 is 25.0 Å². The van der Waals surface area contributed by atoms with Gasteiger partial charge in [0.25, 0.3) is 0 Å². The van der Waals surface area contributed by atoms with Crippen LogP contribution in [0.15, 0.2) is 28.6 Å². The molecular formula is C21H31N5O2S. The van der Waals surface area contributed by atoms with E-state index in [1.54, 1.807) is 25.6 Å². The van der Waals surface area contributed by atoms with E-state index in [0.29, 0.717) is 6.04 Å². The molecule has 1 aliphatic heterocycles. The number of thiazole rings is 1. The van der Waals surface area contributed by atoms with Crippen LogP contribution in [0.1, 0.15) is 24.0 Å². The van der Waals surface area contributed by atoms with E-state index in [0.717, 1.165) is 72.9 Å². The maximum absolute atomic E-state index is 5.41. The number of ether oxygens (including phenoxy) is 2. The molecule has 1 atom stereocenters. The average molecular weight is 418 g/mol. The third-order valence-corrected chi connectivity index (χ3v) is 5.70. The van der Waals surface area contributed by atoms with Gasteiger partial charge in [0.2, 0.25) is 0 Å². The second-order valence-corrected chi connectivity index (χ2v) is 8.08. The van der Waals surface area contributed by atoms with Crippen molar-refractivity contribution in [3.63, 3.8) is 0 Å². The van der Waals surface area contributed by atoms with E-state index in [1.165, 1.54) is 0 Å². The number of aromatic nitrogens is 1. The summed E-state index contributed by atoms with van der Waals surface area (Å²) in [4.78, 5) is 11.6. The second-order valence-electron chi connectivity index (χ2n) is 7.02. The number of nitrogens with zero attached hydrogens (tertiary/aromatic N) is 3. The molecule has 1 saturated heterocycles. The fraction of sp³-hybridized carbons (Fsp3) is 0.524. The van der Waals surface area contributed by atoms with E-state index in [9.17, 15) is 0 Å². The van der Waals surface area contributed by atoms with Gasteiger partial charge in [0.1, 0.15) is 11.5 Å². The first-order chi connectivity index (χ1) is 14.1. The number of hydrogen-bond donors (Lipinski definition) is 2. The number of nitrogens with one attached hydrogen (secondary N) is 2. The van der Waals surface area contributed by atoms with Gasteiger partial charge >= 0.3 is 0 Å². The van der Waals surface area contributed by atoms with Gasteiger partial charge in [-0.25, -0.2) is 4.98 Å². The minimum absolute atomic E-state index is 0.339. The molecule has 0 spiro atoms. The van der Waals surface area contributed by atoms with Crippen LogP contribution in [0.2, 0.25) is 0 Å². The number of benzene rings is 1. The fourth-order valence-corrected chi connectivity index (χ4v) is 4.05. The molecule has 0 aliphatic carbocycles. The monoisotopic (exact) mass is 417 g/mol. The summed E-state index contributed by atoms with van der Waals surface area (Å²) in [6.07, 6.45) is 1.91. The van der Waals surface area contributed by atoms with Crippen molar-refractivity contribution in [2.45, 2.75) is 32.7 Å². The molecule has 3 rings (SSSR count). The lowest BCUT2D eigenvalue weighted by Gasteiger charge is -2.21. The van der Waals surface area contributed by atoms with Crippen LogP contribution in [-0.4, -0.2) is 57.4 Å². The molecule has 2 aromatic rings. The highest BCUT2D eigenvalue weighted by molar-refractivity contribution is 7.09. The highest BCUT2D eigenvalue weighted by atomic mass is 32.1. The summed E-state index contributed by atoms with van der Waals surface area (Å²) in [6, 6.07) is 6.35. The molecule has 29 heavy (non-hydrogen) atoms. The van der Waals surface area contributed by atoms with Crippen LogP contribution in [0.3, 0.4) is 0 Å². The van der Waals surface area contributed by atoms with E-state index in [-0.39, 0.29) is 0 Å². The molecule has 2 heterocycles. The van der Waals surface area contributed by atoms with Crippen LogP contribution in [0.4, 0.5) is 5.69 Å². The molecule has 1 fully saturated rings. The Hall–Kier alpha value is -2.48. The van der Waals surface area contributed by atoms with Crippen molar-refractivity contribution >= 4 is 23.0 Å². The topological polar surface area (TPSA) is 71.0 Å². The van der Waals surface area contributed by atoms with Crippen LogP contribution < -0.4 is 25.0 Å². The lowest BCUT2D eigenvalue weighted by Crippen LogP contribution is -2.44. The molecule has 1 aromatic heterocycles. The number of guanidine groups is 1. The smallest absolute Gasteiger partial charge is 0.191 e. The van der Waals surface area contributed by atoms with Gasteiger partial charge in [-0.1, -0.05) is 0 Å². The fourth-order valence-electron chi connectivity index (χ4n) is 3.41. The third-order valence-electron chi connectivity index (χ3n) is 4.88. The van der Waals surface area contributed by atoms with Gasteiger partial charge in [-0.3, -0.25) is 4.99 Å². The van der Waals surface area contributed by atoms with E-state index >= 15 is 0 Å². The van der Waals surface area contributed by atoms with Gasteiger partial charge in [-0.05, 0) is 20.3 Å². The van der Waals surface area contributed by atoms with Crippen molar-refractivity contribution < 1.29 is 9.47 Å². The number of anilines is 1. The van der Waals surface area contributed by atoms with Crippen molar-refractivity contribution in [1.29, 1.82) is 0 Å². The van der Waals surface area contributed by atoms with Crippen molar-refractivity contribution in [1.82, 2.24) is 15.6 Å². The number of aliphatic imine (C=N–C) groups is 1. The largest absolute Gasteiger partial charge is 0.497 e. The standard InChI is InChI=1S/C21H31N5O2S/c1-5-22-21(23-8-6-17-14-29-15(2)24-17)25-16-7-9-26(13-16)18-10-19(27-3)12-20(11-18)28-4/h10-12,14,16H,5-9,13H2,1-4H3,(H2,22,23,25). The minimum atomic E-state index is 0.339. The molecular weight excluding hydrogens is 386 g/mol. The Morgan fingerprint density at radius 1 is 1.28 bits per heavy atom. The van der Waals surface area contributed by atoms with Gasteiger partial charge in [-0.2, -0.15) is 0 Å². The van der Waals surface area contributed by atoms with Crippen molar-refractivity contribution in [2.75, 3.05) is 45.3 Å². The molecule has 1 aliphatic rings. The molecule has 7 nitrogen and oxygen atoms in total. The highest BCUT2D eigenvalue weighted by Gasteiger charge is 2.24. The predicted octanol–water partition coefficient (Wildman–Crippen LogP) is 2.85. The quantitative estimate of drug-likeness (QED) is 0.508. The molecule has 0 saturated carbocycles. The zero-order valence-corrected chi connectivity index (χ0v) is 18.5. The summed E-state index contributed by atoms with van der Waals surface area (Å²) in [5.41, 5.74) is 2.23. The van der Waals surface area contributed by atoms with Crippen molar-refractivity contribution in [3.8, 4) is 11.5 Å². The molecule has 158 valence electrons. The number of rotatable bonds is 8. The van der Waals surface area contributed by atoms with Crippen LogP contribution in [0.25, 0.3) is 0 Å². The number of methoxy groups -OCH3 is 2. The van der Waals surface area contributed by atoms with Gasteiger partial charge in [0.05, 0.1) is 24.9 Å². The number of aryl methyl sites for hydroxylation is 1. The first kappa shape index (κ1) is 21.2. The van der Waals surface area contributed by atoms with Crippen LogP contribution in [-0.2, 0) is 6.42 Å². The van der Waals surface area contributed by atoms with Crippen LogP contribution >= 0.6 is 11.3 Å². The Morgan fingerprint density at radius 3 is 2.66 bits per heavy atom. The molecule has 8 heteroatoms. The minimum Gasteiger partial charge on any atom is -0.497 e. The summed E-state index contributed by atoms with van der Waals surface area (Å²) >= 11 is 1.69. The van der Waals surface area contributed by atoms with Crippen LogP contribution in [0.5, 0.6) is 11.5 Å². The summed E-state index contributed by atoms with van der Waals surface area (Å²) < 4.78 is 10.8.